The second-order valence-corrected chi connectivity index (χ2v) is 6.49. The number of methoxy groups -OCH3 is 1. The highest BCUT2D eigenvalue weighted by Crippen LogP contribution is 2.17. The Morgan fingerprint density at radius 3 is 3.00 bits per heavy atom. The van der Waals surface area contributed by atoms with Gasteiger partial charge in [0, 0.05) is 45.4 Å². The summed E-state index contributed by atoms with van der Waals surface area (Å²) >= 11 is 6.14. The molecule has 1 atom stereocenters. The minimum atomic E-state index is -0.0553. The van der Waals surface area contributed by atoms with Crippen LogP contribution in [0, 0.1) is 5.92 Å². The van der Waals surface area contributed by atoms with Gasteiger partial charge in [0.25, 0.3) is 0 Å². The molecule has 1 aliphatic rings. The van der Waals surface area contributed by atoms with E-state index in [1.807, 2.05) is 24.3 Å². The van der Waals surface area contributed by atoms with E-state index >= 15 is 0 Å². The number of amides is 2. The average Bonchev–Trinajstić information content (AvgIpc) is 3.00. The van der Waals surface area contributed by atoms with Crippen molar-refractivity contribution in [1.29, 1.82) is 0 Å². The second-order valence-electron chi connectivity index (χ2n) is 6.08. The molecule has 128 valence electrons. The third kappa shape index (κ3) is 5.68. The van der Waals surface area contributed by atoms with Crippen molar-refractivity contribution in [1.82, 2.24) is 15.1 Å². The molecular weight excluding hydrogens is 314 g/mol. The molecule has 1 heterocycles. The molecule has 0 aromatic heterocycles. The molecule has 5 nitrogen and oxygen atoms in total. The maximum Gasteiger partial charge on any atom is 0.317 e. The highest BCUT2D eigenvalue weighted by Gasteiger charge is 2.22. The molecule has 1 N–H and O–H groups in total. The maximum absolute atomic E-state index is 12.2. The van der Waals surface area contributed by atoms with Crippen LogP contribution in [0.25, 0.3) is 0 Å². The van der Waals surface area contributed by atoms with Crippen LogP contribution in [0.4, 0.5) is 4.79 Å². The highest BCUT2D eigenvalue weighted by molar-refractivity contribution is 6.31. The zero-order valence-corrected chi connectivity index (χ0v) is 14.7. The van der Waals surface area contributed by atoms with Gasteiger partial charge in [-0.15, -0.1) is 0 Å². The third-order valence-corrected chi connectivity index (χ3v) is 4.60. The van der Waals surface area contributed by atoms with Crippen LogP contribution in [0.3, 0.4) is 0 Å². The smallest absolute Gasteiger partial charge is 0.317 e. The number of nitrogens with zero attached hydrogens (tertiary/aromatic N) is 2. The quantitative estimate of drug-likeness (QED) is 0.830. The molecule has 1 aromatic carbocycles. The van der Waals surface area contributed by atoms with Crippen molar-refractivity contribution in [3.8, 4) is 0 Å². The Morgan fingerprint density at radius 1 is 1.48 bits per heavy atom. The molecule has 0 bridgehead atoms. The van der Waals surface area contributed by atoms with Crippen LogP contribution in [-0.4, -0.2) is 62.8 Å². The van der Waals surface area contributed by atoms with Crippen LogP contribution in [0.2, 0.25) is 5.02 Å². The number of nitrogens with one attached hydrogen (secondary N) is 1. The van der Waals surface area contributed by atoms with Crippen molar-refractivity contribution in [3.63, 3.8) is 0 Å². The zero-order chi connectivity index (χ0) is 16.7. The first-order valence-corrected chi connectivity index (χ1v) is 8.41. The number of halogens is 1. The lowest BCUT2D eigenvalue weighted by atomic mass is 10.1. The van der Waals surface area contributed by atoms with Crippen molar-refractivity contribution in [3.05, 3.63) is 34.9 Å². The van der Waals surface area contributed by atoms with Crippen LogP contribution in [0.15, 0.2) is 24.3 Å². The first-order chi connectivity index (χ1) is 11.1. The molecule has 2 rings (SSSR count). The molecule has 1 saturated heterocycles. The number of benzene rings is 1. The van der Waals surface area contributed by atoms with Gasteiger partial charge in [-0.1, -0.05) is 29.8 Å². The minimum absolute atomic E-state index is 0.0553. The number of likely N-dealkylation sites (tertiary alicyclic amines) is 1. The van der Waals surface area contributed by atoms with E-state index in [2.05, 4.69) is 10.2 Å². The normalized spacial score (nSPS) is 18.1. The van der Waals surface area contributed by atoms with Gasteiger partial charge < -0.3 is 19.9 Å². The van der Waals surface area contributed by atoms with Gasteiger partial charge in [-0.05, 0) is 30.5 Å². The first-order valence-electron chi connectivity index (χ1n) is 8.03. The topological polar surface area (TPSA) is 44.8 Å². The Balaban J connectivity index is 1.71. The second kappa shape index (κ2) is 9.11. The summed E-state index contributed by atoms with van der Waals surface area (Å²) in [5, 5.41) is 3.72. The van der Waals surface area contributed by atoms with Gasteiger partial charge in [-0.3, -0.25) is 0 Å². The van der Waals surface area contributed by atoms with Crippen LogP contribution in [0.1, 0.15) is 12.0 Å². The zero-order valence-electron chi connectivity index (χ0n) is 13.9. The Bertz CT molecular complexity index is 512. The Morgan fingerprint density at radius 2 is 2.26 bits per heavy atom. The summed E-state index contributed by atoms with van der Waals surface area (Å²) < 4.78 is 5.11. The Kier molecular flexibility index (Phi) is 7.15. The molecule has 0 saturated carbocycles. The predicted molar refractivity (Wildman–Crippen MR) is 92.7 cm³/mol. The van der Waals surface area contributed by atoms with E-state index in [1.165, 1.54) is 0 Å². The maximum atomic E-state index is 12.2. The monoisotopic (exact) mass is 339 g/mol. The van der Waals surface area contributed by atoms with Crippen LogP contribution >= 0.6 is 11.6 Å². The predicted octanol–water partition coefficient (Wildman–Crippen LogP) is 2.45. The first kappa shape index (κ1) is 18.0. The lowest BCUT2D eigenvalue weighted by Gasteiger charge is -2.20. The van der Waals surface area contributed by atoms with E-state index < -0.39 is 0 Å². The molecule has 6 heteroatoms. The molecule has 23 heavy (non-hydrogen) atoms. The van der Waals surface area contributed by atoms with E-state index in [0.717, 1.165) is 44.8 Å². The SMILES string of the molecule is COCCN1CC[C@H](CNC(=O)N(C)Cc2ccccc2Cl)C1. The van der Waals surface area contributed by atoms with Crippen molar-refractivity contribution in [2.24, 2.45) is 5.92 Å². The van der Waals surface area contributed by atoms with Crippen molar-refractivity contribution in [2.45, 2.75) is 13.0 Å². The fourth-order valence-corrected chi connectivity index (χ4v) is 3.02. The summed E-state index contributed by atoms with van der Waals surface area (Å²) in [5.74, 6) is 0.518. The van der Waals surface area contributed by atoms with Gasteiger partial charge in [-0.2, -0.15) is 0 Å². The molecule has 0 unspecified atom stereocenters. The van der Waals surface area contributed by atoms with E-state index in [9.17, 15) is 4.79 Å². The molecule has 1 aliphatic heterocycles. The molecule has 1 fully saturated rings. The van der Waals surface area contributed by atoms with E-state index in [-0.39, 0.29) is 6.03 Å². The molecule has 0 spiro atoms. The number of hydrogen-bond donors (Lipinski definition) is 1. The molecule has 1 aromatic rings. The number of rotatable bonds is 7. The van der Waals surface area contributed by atoms with Gasteiger partial charge in [0.05, 0.1) is 6.61 Å². The Hall–Kier alpha value is -1.30. The van der Waals surface area contributed by atoms with Crippen molar-refractivity contribution in [2.75, 3.05) is 46.9 Å². The van der Waals surface area contributed by atoms with Gasteiger partial charge in [0.1, 0.15) is 0 Å². The summed E-state index contributed by atoms with van der Waals surface area (Å²) in [4.78, 5) is 16.3. The van der Waals surface area contributed by atoms with Crippen molar-refractivity contribution < 1.29 is 9.53 Å². The summed E-state index contributed by atoms with van der Waals surface area (Å²) in [6.07, 6.45) is 1.12. The number of carbonyl (C=O) groups excluding carboxylic acids is 1. The van der Waals surface area contributed by atoms with Crippen LogP contribution < -0.4 is 5.32 Å². The van der Waals surface area contributed by atoms with Crippen LogP contribution in [-0.2, 0) is 11.3 Å². The summed E-state index contributed by atoms with van der Waals surface area (Å²) in [6.45, 7) is 5.07. The molecule has 0 radical (unpaired) electrons. The molecule has 2 amide bonds. The van der Waals surface area contributed by atoms with Gasteiger partial charge in [-0.25, -0.2) is 4.79 Å². The minimum Gasteiger partial charge on any atom is -0.383 e. The van der Waals surface area contributed by atoms with E-state index in [4.69, 9.17) is 16.3 Å². The summed E-state index contributed by atoms with van der Waals surface area (Å²) in [6, 6.07) is 7.55. The number of ether oxygens (including phenoxy) is 1. The summed E-state index contributed by atoms with van der Waals surface area (Å²) in [5.41, 5.74) is 0.957. The van der Waals surface area contributed by atoms with E-state index in [1.54, 1.807) is 19.1 Å². The van der Waals surface area contributed by atoms with Gasteiger partial charge >= 0.3 is 6.03 Å². The fourth-order valence-electron chi connectivity index (χ4n) is 2.82. The third-order valence-electron chi connectivity index (χ3n) is 4.24. The standard InChI is InChI=1S/C17H26ClN3O2/c1-20(13-15-5-3-4-6-16(15)18)17(22)19-11-14-7-8-21(12-14)9-10-23-2/h3-6,14H,7-13H2,1-2H3,(H,19,22)/t14-/m1/s1. The number of urea groups is 1. The van der Waals surface area contributed by atoms with Crippen LogP contribution in [0.5, 0.6) is 0 Å². The largest absolute Gasteiger partial charge is 0.383 e. The van der Waals surface area contributed by atoms with E-state index in [0.29, 0.717) is 17.5 Å². The highest BCUT2D eigenvalue weighted by atomic mass is 35.5. The molecule has 0 aliphatic carbocycles. The Labute approximate surface area is 143 Å². The average molecular weight is 340 g/mol. The van der Waals surface area contributed by atoms with Gasteiger partial charge in [0.2, 0.25) is 0 Å². The lowest BCUT2D eigenvalue weighted by molar-refractivity contribution is 0.158. The molecular formula is C17H26ClN3O2. The summed E-state index contributed by atoms with van der Waals surface area (Å²) in [7, 11) is 3.51. The van der Waals surface area contributed by atoms with Gasteiger partial charge in [0.15, 0.2) is 0 Å². The number of hydrogen-bond acceptors (Lipinski definition) is 3. The lowest BCUT2D eigenvalue weighted by Crippen LogP contribution is -2.39. The fraction of sp³-hybridized carbons (Fsp3) is 0.588. The van der Waals surface area contributed by atoms with Crippen molar-refractivity contribution >= 4 is 17.6 Å². The number of carbonyl (C=O) groups is 1.